The zero-order valence-corrected chi connectivity index (χ0v) is 22.1. The van der Waals surface area contributed by atoms with Crippen LogP contribution >= 0.6 is 39.9 Å². The van der Waals surface area contributed by atoms with Crippen LogP contribution in [-0.2, 0) is 19.2 Å². The number of nitrogens with zero attached hydrogens (tertiary/aromatic N) is 1. The van der Waals surface area contributed by atoms with E-state index in [0.717, 1.165) is 22.2 Å². The highest BCUT2D eigenvalue weighted by Crippen LogP contribution is 2.37. The number of carbonyl (C=O) groups is 4. The van der Waals surface area contributed by atoms with Gasteiger partial charge in [0.2, 0.25) is 0 Å². The van der Waals surface area contributed by atoms with E-state index < -0.39 is 30.3 Å². The minimum atomic E-state index is -1.40. The number of halogens is 1. The van der Waals surface area contributed by atoms with Gasteiger partial charge in [0, 0.05) is 22.1 Å². The van der Waals surface area contributed by atoms with Gasteiger partial charge in [-0.05, 0) is 49.8 Å². The van der Waals surface area contributed by atoms with Gasteiger partial charge in [0.15, 0.2) is 6.61 Å². The summed E-state index contributed by atoms with van der Waals surface area (Å²) in [4.78, 5) is 49.1. The summed E-state index contributed by atoms with van der Waals surface area (Å²) < 4.78 is 6.39. The summed E-state index contributed by atoms with van der Waals surface area (Å²) in [5, 5.41) is 21.2. The molecule has 3 N–H and O–H groups in total. The van der Waals surface area contributed by atoms with Gasteiger partial charge in [-0.15, -0.1) is 0 Å². The van der Waals surface area contributed by atoms with Crippen molar-refractivity contribution < 1.29 is 34.1 Å². The molecule has 0 saturated carbocycles. The largest absolute Gasteiger partial charge is 0.483 e. The highest BCUT2D eigenvalue weighted by atomic mass is 79.9. The minimum absolute atomic E-state index is 0.0129. The van der Waals surface area contributed by atoms with Crippen molar-refractivity contribution >= 4 is 79.7 Å². The van der Waals surface area contributed by atoms with Crippen molar-refractivity contribution in [2.45, 2.75) is 25.8 Å². The molecule has 1 atom stereocenters. The van der Waals surface area contributed by atoms with Crippen molar-refractivity contribution in [2.75, 3.05) is 11.9 Å². The maximum Gasteiger partial charge on any atom is 0.326 e. The number of aliphatic carboxylic acids is 2. The van der Waals surface area contributed by atoms with E-state index in [0.29, 0.717) is 21.5 Å². The molecular formula is C24H21BrN2O7S2. The molecule has 2 aromatic carbocycles. The van der Waals surface area contributed by atoms with Crippen LogP contribution in [0.3, 0.4) is 0 Å². The van der Waals surface area contributed by atoms with Crippen molar-refractivity contribution in [3.63, 3.8) is 0 Å². The predicted molar refractivity (Wildman–Crippen MR) is 143 cm³/mol. The van der Waals surface area contributed by atoms with Crippen LogP contribution in [0.15, 0.2) is 51.8 Å². The van der Waals surface area contributed by atoms with Crippen LogP contribution in [0.4, 0.5) is 5.69 Å². The molecular weight excluding hydrogens is 572 g/mol. The number of carboxylic acid groups (broad SMARTS) is 2. The van der Waals surface area contributed by atoms with E-state index in [2.05, 4.69) is 21.2 Å². The second-order valence-electron chi connectivity index (χ2n) is 7.72. The quantitative estimate of drug-likeness (QED) is 0.273. The van der Waals surface area contributed by atoms with Crippen molar-refractivity contribution in [1.29, 1.82) is 0 Å². The molecule has 1 aliphatic rings. The summed E-state index contributed by atoms with van der Waals surface area (Å²) in [7, 11) is 0. The molecule has 0 radical (unpaired) electrons. The number of carboxylic acids is 2. The first-order chi connectivity index (χ1) is 17.0. The molecule has 2 aromatic rings. The lowest BCUT2D eigenvalue weighted by atomic mass is 10.1. The Kier molecular flexibility index (Phi) is 9.24. The Balaban J connectivity index is 1.77. The smallest absolute Gasteiger partial charge is 0.326 e. The fourth-order valence-corrected chi connectivity index (χ4v) is 4.98. The van der Waals surface area contributed by atoms with Gasteiger partial charge in [0.1, 0.15) is 16.1 Å². The standard InChI is InChI=1S/C24H21BrN2O7S2/c1-13-2-5-16(6-3-13)26-20(28)12-34-18-8-4-15(25)10-14(18)11-19-22(31)27(24(35)36-19)17(23(32)33)7-9-21(29)30/h2-6,8,10-11,17H,7,9,12H2,1H3,(H,26,28)(H,29,30)(H,32,33)/b19-11-. The molecule has 1 aliphatic heterocycles. The zero-order chi connectivity index (χ0) is 26.4. The monoisotopic (exact) mass is 592 g/mol. The van der Waals surface area contributed by atoms with Crippen molar-refractivity contribution in [3.05, 3.63) is 63.0 Å². The van der Waals surface area contributed by atoms with Crippen LogP contribution in [0, 0.1) is 6.92 Å². The van der Waals surface area contributed by atoms with Gasteiger partial charge < -0.3 is 20.3 Å². The number of thiocarbonyl (C=S) groups is 1. The van der Waals surface area contributed by atoms with E-state index >= 15 is 0 Å². The fraction of sp³-hybridized carbons (Fsp3) is 0.208. The molecule has 1 heterocycles. The number of benzene rings is 2. The second-order valence-corrected chi connectivity index (χ2v) is 10.3. The number of anilines is 1. The maximum atomic E-state index is 13.0. The number of rotatable bonds is 10. The summed E-state index contributed by atoms with van der Waals surface area (Å²) in [5.74, 6) is -3.22. The summed E-state index contributed by atoms with van der Waals surface area (Å²) in [5.41, 5.74) is 2.15. The molecule has 0 bridgehead atoms. The third-order valence-electron chi connectivity index (χ3n) is 5.00. The number of amides is 2. The third kappa shape index (κ3) is 7.15. The summed E-state index contributed by atoms with van der Waals surface area (Å²) >= 11 is 9.50. The third-order valence-corrected chi connectivity index (χ3v) is 6.83. The first kappa shape index (κ1) is 27.4. The molecule has 2 amide bonds. The Morgan fingerprint density at radius 2 is 1.89 bits per heavy atom. The van der Waals surface area contributed by atoms with Crippen LogP contribution in [0.2, 0.25) is 0 Å². The lowest BCUT2D eigenvalue weighted by Crippen LogP contribution is -2.44. The topological polar surface area (TPSA) is 133 Å². The van der Waals surface area contributed by atoms with E-state index in [1.807, 2.05) is 19.1 Å². The molecule has 0 aromatic heterocycles. The van der Waals surface area contributed by atoms with Crippen LogP contribution in [-0.4, -0.2) is 55.8 Å². The van der Waals surface area contributed by atoms with Crippen molar-refractivity contribution in [1.82, 2.24) is 4.90 Å². The number of hydrogen-bond donors (Lipinski definition) is 3. The Hall–Kier alpha value is -3.22. The van der Waals surface area contributed by atoms with Gasteiger partial charge in [-0.1, -0.05) is 57.6 Å². The summed E-state index contributed by atoms with van der Waals surface area (Å²) in [6, 6.07) is 10.9. The number of carbonyl (C=O) groups excluding carboxylic acids is 2. The molecule has 36 heavy (non-hydrogen) atoms. The van der Waals surface area contributed by atoms with Gasteiger partial charge >= 0.3 is 11.9 Å². The highest BCUT2D eigenvalue weighted by molar-refractivity contribution is 9.10. The second kappa shape index (κ2) is 12.2. The van der Waals surface area contributed by atoms with Crippen LogP contribution in [0.1, 0.15) is 24.0 Å². The van der Waals surface area contributed by atoms with E-state index in [-0.39, 0.29) is 28.2 Å². The lowest BCUT2D eigenvalue weighted by Gasteiger charge is -2.22. The van der Waals surface area contributed by atoms with Gasteiger partial charge in [0.25, 0.3) is 11.8 Å². The SMILES string of the molecule is Cc1ccc(NC(=O)COc2ccc(Br)cc2/C=C2\SC(=S)N(C(CCC(=O)O)C(=O)O)C2=O)cc1. The molecule has 9 nitrogen and oxygen atoms in total. The molecule has 188 valence electrons. The van der Waals surface area contributed by atoms with Gasteiger partial charge in [-0.3, -0.25) is 19.3 Å². The van der Waals surface area contributed by atoms with E-state index in [4.69, 9.17) is 22.1 Å². The maximum absolute atomic E-state index is 13.0. The Morgan fingerprint density at radius 1 is 1.19 bits per heavy atom. The van der Waals surface area contributed by atoms with Crippen LogP contribution in [0.5, 0.6) is 5.75 Å². The molecule has 1 unspecified atom stereocenters. The number of nitrogens with one attached hydrogen (secondary N) is 1. The number of ether oxygens (including phenoxy) is 1. The van der Waals surface area contributed by atoms with Gasteiger partial charge in [-0.2, -0.15) is 0 Å². The number of aryl methyl sites for hydroxylation is 1. The predicted octanol–water partition coefficient (Wildman–Crippen LogP) is 4.29. The van der Waals surface area contributed by atoms with E-state index in [1.54, 1.807) is 30.3 Å². The van der Waals surface area contributed by atoms with Crippen LogP contribution in [0.25, 0.3) is 6.08 Å². The fourth-order valence-electron chi connectivity index (χ4n) is 3.25. The number of thioether (sulfide) groups is 1. The molecule has 3 rings (SSSR count). The Labute approximate surface area is 224 Å². The zero-order valence-electron chi connectivity index (χ0n) is 18.9. The summed E-state index contributed by atoms with van der Waals surface area (Å²) in [6.45, 7) is 1.66. The Bertz CT molecular complexity index is 1250. The summed E-state index contributed by atoms with van der Waals surface area (Å²) in [6.07, 6.45) is 0.778. The van der Waals surface area contributed by atoms with Crippen molar-refractivity contribution in [3.8, 4) is 5.75 Å². The first-order valence-electron chi connectivity index (χ1n) is 10.6. The van der Waals surface area contributed by atoms with Crippen LogP contribution < -0.4 is 10.1 Å². The average molecular weight is 593 g/mol. The lowest BCUT2D eigenvalue weighted by molar-refractivity contribution is -0.146. The average Bonchev–Trinajstić information content (AvgIpc) is 3.07. The molecule has 1 saturated heterocycles. The number of hydrogen-bond acceptors (Lipinski definition) is 7. The first-order valence-corrected chi connectivity index (χ1v) is 12.6. The normalized spacial score (nSPS) is 15.2. The highest BCUT2D eigenvalue weighted by Gasteiger charge is 2.40. The van der Waals surface area contributed by atoms with Gasteiger partial charge in [0.05, 0.1) is 4.91 Å². The molecule has 0 aliphatic carbocycles. The van der Waals surface area contributed by atoms with E-state index in [1.165, 1.54) is 6.08 Å². The Morgan fingerprint density at radius 3 is 2.53 bits per heavy atom. The van der Waals surface area contributed by atoms with Crippen molar-refractivity contribution in [2.24, 2.45) is 0 Å². The van der Waals surface area contributed by atoms with Gasteiger partial charge in [-0.25, -0.2) is 4.79 Å². The molecule has 0 spiro atoms. The molecule has 1 fully saturated rings. The minimum Gasteiger partial charge on any atom is -0.483 e. The molecule has 12 heteroatoms. The van der Waals surface area contributed by atoms with E-state index in [9.17, 15) is 24.3 Å².